The Morgan fingerprint density at radius 2 is 2.12 bits per heavy atom. The molecular weight excluding hydrogens is 206 g/mol. The summed E-state index contributed by atoms with van der Waals surface area (Å²) in [5.74, 6) is -0.512. The topological polar surface area (TPSA) is 57.6 Å². The Morgan fingerprint density at radius 1 is 1.44 bits per heavy atom. The van der Waals surface area contributed by atoms with E-state index >= 15 is 0 Å². The molecule has 16 heavy (non-hydrogen) atoms. The minimum absolute atomic E-state index is 0.111. The van der Waals surface area contributed by atoms with E-state index in [1.165, 1.54) is 0 Å². The average molecular weight is 227 g/mol. The van der Waals surface area contributed by atoms with E-state index in [0.29, 0.717) is 25.3 Å². The molecule has 0 aliphatic carbocycles. The van der Waals surface area contributed by atoms with Gasteiger partial charge in [0.2, 0.25) is 5.91 Å². The van der Waals surface area contributed by atoms with Gasteiger partial charge in [-0.15, -0.1) is 0 Å². The number of hydrogen-bond acceptors (Lipinski definition) is 2. The van der Waals surface area contributed by atoms with Gasteiger partial charge in [0.05, 0.1) is 5.92 Å². The number of piperidine rings is 1. The lowest BCUT2D eigenvalue weighted by molar-refractivity contribution is -0.145. The Kier molecular flexibility index (Phi) is 4.77. The van der Waals surface area contributed by atoms with Crippen LogP contribution in [-0.2, 0) is 9.59 Å². The zero-order valence-corrected chi connectivity index (χ0v) is 10.1. The summed E-state index contributed by atoms with van der Waals surface area (Å²) >= 11 is 0. The van der Waals surface area contributed by atoms with Crippen LogP contribution in [0.4, 0.5) is 0 Å². The van der Waals surface area contributed by atoms with Gasteiger partial charge in [0.15, 0.2) is 0 Å². The minimum atomic E-state index is -0.777. The molecule has 0 radical (unpaired) electrons. The van der Waals surface area contributed by atoms with E-state index in [0.717, 1.165) is 19.4 Å². The monoisotopic (exact) mass is 227 g/mol. The second kappa shape index (κ2) is 5.87. The van der Waals surface area contributed by atoms with Crippen molar-refractivity contribution in [1.82, 2.24) is 4.90 Å². The smallest absolute Gasteiger partial charge is 0.308 e. The van der Waals surface area contributed by atoms with Crippen LogP contribution in [0.2, 0.25) is 0 Å². The van der Waals surface area contributed by atoms with Crippen molar-refractivity contribution in [2.24, 2.45) is 11.8 Å². The van der Waals surface area contributed by atoms with Gasteiger partial charge < -0.3 is 10.0 Å². The van der Waals surface area contributed by atoms with Crippen LogP contribution in [0.25, 0.3) is 0 Å². The Hall–Kier alpha value is -1.06. The van der Waals surface area contributed by atoms with Crippen LogP contribution < -0.4 is 0 Å². The van der Waals surface area contributed by atoms with Crippen molar-refractivity contribution in [1.29, 1.82) is 0 Å². The van der Waals surface area contributed by atoms with Crippen molar-refractivity contribution >= 4 is 11.9 Å². The maximum atomic E-state index is 11.8. The van der Waals surface area contributed by atoms with Crippen LogP contribution in [0.3, 0.4) is 0 Å². The first-order valence-electron chi connectivity index (χ1n) is 6.01. The summed E-state index contributed by atoms with van der Waals surface area (Å²) in [6, 6.07) is 0. The molecule has 1 amide bonds. The van der Waals surface area contributed by atoms with E-state index in [4.69, 9.17) is 5.11 Å². The highest BCUT2D eigenvalue weighted by Gasteiger charge is 2.27. The first kappa shape index (κ1) is 13.0. The molecule has 4 nitrogen and oxygen atoms in total. The van der Waals surface area contributed by atoms with Gasteiger partial charge in [-0.05, 0) is 25.2 Å². The Balaban J connectivity index is 2.41. The third-order valence-electron chi connectivity index (χ3n) is 3.06. The number of carboxylic acid groups (broad SMARTS) is 1. The molecule has 1 rings (SSSR count). The largest absolute Gasteiger partial charge is 0.481 e. The van der Waals surface area contributed by atoms with E-state index in [9.17, 15) is 9.59 Å². The number of likely N-dealkylation sites (tertiary alicyclic amines) is 1. The summed E-state index contributed by atoms with van der Waals surface area (Å²) in [6.07, 6.45) is 2.94. The van der Waals surface area contributed by atoms with Gasteiger partial charge in [0.25, 0.3) is 0 Å². The van der Waals surface area contributed by atoms with Gasteiger partial charge in [-0.2, -0.15) is 0 Å². The molecule has 0 aromatic heterocycles. The fourth-order valence-corrected chi connectivity index (χ4v) is 1.98. The third kappa shape index (κ3) is 3.83. The van der Waals surface area contributed by atoms with E-state index in [1.54, 1.807) is 4.90 Å². The van der Waals surface area contributed by atoms with Crippen LogP contribution in [0.15, 0.2) is 0 Å². The molecule has 0 aromatic rings. The predicted octanol–water partition coefficient (Wildman–Crippen LogP) is 1.75. The van der Waals surface area contributed by atoms with Crippen molar-refractivity contribution < 1.29 is 14.7 Å². The minimum Gasteiger partial charge on any atom is -0.481 e. The zero-order valence-electron chi connectivity index (χ0n) is 10.1. The molecule has 1 heterocycles. The normalized spacial score (nSPS) is 21.2. The molecule has 1 saturated heterocycles. The van der Waals surface area contributed by atoms with Gasteiger partial charge in [-0.25, -0.2) is 0 Å². The van der Waals surface area contributed by atoms with Crippen molar-refractivity contribution in [3.8, 4) is 0 Å². The van der Waals surface area contributed by atoms with Crippen LogP contribution in [0.1, 0.15) is 39.5 Å². The number of carbonyl (C=O) groups is 2. The number of nitrogens with zero attached hydrogens (tertiary/aromatic N) is 1. The molecule has 1 atom stereocenters. The van der Waals surface area contributed by atoms with E-state index in [-0.39, 0.29) is 11.8 Å². The number of aliphatic carboxylic acids is 1. The third-order valence-corrected chi connectivity index (χ3v) is 3.06. The molecule has 1 N–H and O–H groups in total. The lowest BCUT2D eigenvalue weighted by Gasteiger charge is -2.31. The van der Waals surface area contributed by atoms with Gasteiger partial charge in [0, 0.05) is 19.5 Å². The molecule has 1 aliphatic rings. The van der Waals surface area contributed by atoms with Gasteiger partial charge >= 0.3 is 5.97 Å². The fraction of sp³-hybridized carbons (Fsp3) is 0.833. The Morgan fingerprint density at radius 3 is 2.69 bits per heavy atom. The second-order valence-electron chi connectivity index (χ2n) is 4.95. The molecule has 92 valence electrons. The number of carbonyl (C=O) groups excluding carboxylic acids is 1. The lowest BCUT2D eigenvalue weighted by Crippen LogP contribution is -2.42. The van der Waals surface area contributed by atoms with E-state index in [1.807, 2.05) is 0 Å². The fourth-order valence-electron chi connectivity index (χ4n) is 1.98. The second-order valence-corrected chi connectivity index (χ2v) is 4.95. The van der Waals surface area contributed by atoms with Crippen molar-refractivity contribution in [3.05, 3.63) is 0 Å². The quantitative estimate of drug-likeness (QED) is 0.796. The number of amides is 1. The van der Waals surface area contributed by atoms with Crippen LogP contribution in [-0.4, -0.2) is 35.0 Å². The highest BCUT2D eigenvalue weighted by Crippen LogP contribution is 2.18. The summed E-state index contributed by atoms with van der Waals surface area (Å²) in [4.78, 5) is 24.4. The molecule has 1 fully saturated rings. The zero-order chi connectivity index (χ0) is 12.1. The van der Waals surface area contributed by atoms with Crippen LogP contribution in [0.5, 0.6) is 0 Å². The highest BCUT2D eigenvalue weighted by molar-refractivity contribution is 5.78. The van der Waals surface area contributed by atoms with Crippen LogP contribution in [0, 0.1) is 11.8 Å². The first-order valence-corrected chi connectivity index (χ1v) is 6.01. The molecule has 1 aliphatic heterocycles. The van der Waals surface area contributed by atoms with Crippen molar-refractivity contribution in [3.63, 3.8) is 0 Å². The summed E-state index contributed by atoms with van der Waals surface area (Å²) < 4.78 is 0. The molecule has 0 bridgehead atoms. The van der Waals surface area contributed by atoms with E-state index in [2.05, 4.69) is 13.8 Å². The summed E-state index contributed by atoms with van der Waals surface area (Å²) in [5, 5.41) is 8.92. The molecule has 0 saturated carbocycles. The standard InChI is InChI=1S/C12H21NO3/c1-9(2)5-6-11(14)13-7-3-4-10(8-13)12(15)16/h9-10H,3-8H2,1-2H3,(H,15,16)/t10-/m0/s1. The molecule has 0 spiro atoms. The summed E-state index contributed by atoms with van der Waals surface area (Å²) in [5.41, 5.74) is 0. The van der Waals surface area contributed by atoms with Gasteiger partial charge in [-0.3, -0.25) is 9.59 Å². The average Bonchev–Trinajstić information content (AvgIpc) is 2.26. The number of rotatable bonds is 4. The molecular formula is C12H21NO3. The Bertz CT molecular complexity index is 263. The first-order chi connectivity index (χ1) is 7.50. The number of carboxylic acids is 1. The Labute approximate surface area is 96.6 Å². The van der Waals surface area contributed by atoms with Crippen LogP contribution >= 0.6 is 0 Å². The predicted molar refractivity (Wildman–Crippen MR) is 61.0 cm³/mol. The molecule has 0 unspecified atom stereocenters. The lowest BCUT2D eigenvalue weighted by atomic mass is 9.97. The highest BCUT2D eigenvalue weighted by atomic mass is 16.4. The molecule has 4 heteroatoms. The summed E-state index contributed by atoms with van der Waals surface area (Å²) in [6.45, 7) is 5.29. The summed E-state index contributed by atoms with van der Waals surface area (Å²) in [7, 11) is 0. The van der Waals surface area contributed by atoms with Crippen molar-refractivity contribution in [2.75, 3.05) is 13.1 Å². The maximum Gasteiger partial charge on any atom is 0.308 e. The van der Waals surface area contributed by atoms with Crippen molar-refractivity contribution in [2.45, 2.75) is 39.5 Å². The maximum absolute atomic E-state index is 11.8. The molecule has 0 aromatic carbocycles. The van der Waals surface area contributed by atoms with E-state index < -0.39 is 5.97 Å². The van der Waals surface area contributed by atoms with Gasteiger partial charge in [0.1, 0.15) is 0 Å². The van der Waals surface area contributed by atoms with Gasteiger partial charge in [-0.1, -0.05) is 13.8 Å². The SMILES string of the molecule is CC(C)CCC(=O)N1CCC[C@H](C(=O)O)C1. The number of hydrogen-bond donors (Lipinski definition) is 1.